The highest BCUT2D eigenvalue weighted by molar-refractivity contribution is 7.92. The second-order valence-corrected chi connectivity index (χ2v) is 9.55. The average molecular weight is 500 g/mol. The fourth-order valence-electron chi connectivity index (χ4n) is 3.44. The van der Waals surface area contributed by atoms with Gasteiger partial charge in [-0.3, -0.25) is 13.9 Å². The Morgan fingerprint density at radius 3 is 2.21 bits per heavy atom. The zero-order chi connectivity index (χ0) is 25.5. The molecule has 0 aliphatic heterocycles. The number of carbonyl (C=O) groups is 2. The maximum atomic E-state index is 13.4. The molecule has 0 heterocycles. The maximum Gasteiger partial charge on any atom is 0.416 e. The molecule has 0 aliphatic carbocycles. The predicted octanol–water partition coefficient (Wildman–Crippen LogP) is 3.41. The Labute approximate surface area is 197 Å². The summed E-state index contributed by atoms with van der Waals surface area (Å²) in [6.45, 7) is 3.04. The van der Waals surface area contributed by atoms with Gasteiger partial charge in [0.25, 0.3) is 0 Å². The van der Waals surface area contributed by atoms with Crippen LogP contribution in [0.5, 0.6) is 0 Å². The summed E-state index contributed by atoms with van der Waals surface area (Å²) in [6, 6.07) is 11.7. The van der Waals surface area contributed by atoms with Gasteiger partial charge in [-0.05, 0) is 37.1 Å². The molecule has 0 saturated carbocycles. The van der Waals surface area contributed by atoms with Crippen molar-refractivity contribution in [3.05, 3.63) is 65.7 Å². The lowest BCUT2D eigenvalue weighted by atomic mass is 10.1. The molecule has 0 aliphatic rings. The van der Waals surface area contributed by atoms with Gasteiger partial charge in [0, 0.05) is 13.1 Å². The molecule has 1 atom stereocenters. The first kappa shape index (κ1) is 27.2. The summed E-state index contributed by atoms with van der Waals surface area (Å²) in [7, 11) is -4.13. The van der Waals surface area contributed by atoms with Gasteiger partial charge < -0.3 is 10.2 Å². The lowest BCUT2D eigenvalue weighted by Gasteiger charge is -2.32. The number of nitrogens with one attached hydrogen (secondary N) is 1. The minimum Gasteiger partial charge on any atom is -0.355 e. The number of hydrogen-bond donors (Lipinski definition) is 1. The molecule has 2 aromatic carbocycles. The van der Waals surface area contributed by atoms with Crippen molar-refractivity contribution in [1.82, 2.24) is 10.2 Å². The molecule has 2 aromatic rings. The van der Waals surface area contributed by atoms with Crippen molar-refractivity contribution >= 4 is 27.5 Å². The number of carbonyl (C=O) groups excluding carboxylic acids is 2. The van der Waals surface area contributed by atoms with Gasteiger partial charge in [0.2, 0.25) is 21.8 Å². The van der Waals surface area contributed by atoms with E-state index in [0.29, 0.717) is 22.5 Å². The van der Waals surface area contributed by atoms with Crippen molar-refractivity contribution in [3.8, 4) is 0 Å². The van der Waals surface area contributed by atoms with E-state index < -0.39 is 46.2 Å². The van der Waals surface area contributed by atoms with Crippen LogP contribution >= 0.6 is 0 Å². The Morgan fingerprint density at radius 1 is 1.03 bits per heavy atom. The van der Waals surface area contributed by atoms with Crippen LogP contribution in [-0.2, 0) is 32.3 Å². The van der Waals surface area contributed by atoms with E-state index in [1.807, 2.05) is 0 Å². The Balaban J connectivity index is 2.46. The first-order valence-corrected chi connectivity index (χ1v) is 12.5. The van der Waals surface area contributed by atoms with Gasteiger partial charge in [0.15, 0.2) is 0 Å². The molecule has 11 heteroatoms. The zero-order valence-electron chi connectivity index (χ0n) is 19.2. The molecule has 0 radical (unpaired) electrons. The van der Waals surface area contributed by atoms with Crippen LogP contribution in [-0.4, -0.2) is 50.5 Å². The number of anilines is 1. The van der Waals surface area contributed by atoms with Gasteiger partial charge in [-0.25, -0.2) is 8.42 Å². The van der Waals surface area contributed by atoms with E-state index in [2.05, 4.69) is 5.32 Å². The van der Waals surface area contributed by atoms with Gasteiger partial charge in [-0.1, -0.05) is 43.3 Å². The Morgan fingerprint density at radius 2 is 1.68 bits per heavy atom. The number of halogens is 3. The maximum absolute atomic E-state index is 13.4. The molecule has 2 rings (SSSR count). The summed E-state index contributed by atoms with van der Waals surface area (Å²) in [5.41, 5.74) is -0.624. The molecule has 7 nitrogen and oxygen atoms in total. The van der Waals surface area contributed by atoms with Crippen molar-refractivity contribution in [1.29, 1.82) is 0 Å². The van der Waals surface area contributed by atoms with Gasteiger partial charge in [-0.2, -0.15) is 13.2 Å². The van der Waals surface area contributed by atoms with Crippen LogP contribution in [0.25, 0.3) is 0 Å². The zero-order valence-corrected chi connectivity index (χ0v) is 20.0. The van der Waals surface area contributed by atoms with Crippen LogP contribution in [0.2, 0.25) is 0 Å². The number of hydrogen-bond acceptors (Lipinski definition) is 4. The summed E-state index contributed by atoms with van der Waals surface area (Å²) in [5, 5.41) is 2.67. The van der Waals surface area contributed by atoms with Crippen molar-refractivity contribution < 1.29 is 31.2 Å². The van der Waals surface area contributed by atoms with Gasteiger partial charge in [0.05, 0.1) is 17.5 Å². The first-order valence-electron chi connectivity index (χ1n) is 10.6. The molecule has 186 valence electrons. The number of sulfonamides is 1. The highest BCUT2D eigenvalue weighted by atomic mass is 32.2. The fourth-order valence-corrected chi connectivity index (χ4v) is 4.28. The quantitative estimate of drug-likeness (QED) is 0.543. The molecule has 34 heavy (non-hydrogen) atoms. The molecule has 2 amide bonds. The van der Waals surface area contributed by atoms with Crippen LogP contribution in [0, 0.1) is 0 Å². The summed E-state index contributed by atoms with van der Waals surface area (Å²) in [5.74, 6) is -1.12. The number of alkyl halides is 3. The second kappa shape index (κ2) is 11.4. The Bertz CT molecular complexity index is 1090. The van der Waals surface area contributed by atoms with Crippen LogP contribution < -0.4 is 9.62 Å². The average Bonchev–Trinajstić information content (AvgIpc) is 2.76. The highest BCUT2D eigenvalue weighted by Crippen LogP contribution is 2.32. The number of amides is 2. The molecular formula is C23H28F3N3O4S. The Hall–Kier alpha value is -3.08. The normalized spacial score (nSPS) is 12.6. The van der Waals surface area contributed by atoms with Crippen LogP contribution in [0.3, 0.4) is 0 Å². The van der Waals surface area contributed by atoms with Crippen LogP contribution in [0.15, 0.2) is 54.6 Å². The molecule has 0 saturated heterocycles. The van der Waals surface area contributed by atoms with Crippen molar-refractivity contribution in [2.75, 3.05) is 23.7 Å². The lowest BCUT2D eigenvalue weighted by molar-refractivity contribution is -0.140. The second-order valence-electron chi connectivity index (χ2n) is 7.64. The van der Waals surface area contributed by atoms with E-state index in [1.165, 1.54) is 11.0 Å². The summed E-state index contributed by atoms with van der Waals surface area (Å²) in [6.07, 6.45) is -3.62. The SMILES string of the molecule is CCNC(=O)C(CC)N(Cc1ccccc1)C(=O)CN(c1cccc(C(F)(F)F)c1)S(C)(=O)=O. The third-order valence-corrected chi connectivity index (χ3v) is 6.21. The summed E-state index contributed by atoms with van der Waals surface area (Å²) < 4.78 is 65.1. The standard InChI is InChI=1S/C23H28F3N3O4S/c1-4-20(22(31)27-5-2)28(15-17-10-7-6-8-11-17)21(30)16-29(34(3,32)33)19-13-9-12-18(14-19)23(24,25)26/h6-14,20H,4-5,15-16H2,1-3H3,(H,27,31). The summed E-state index contributed by atoms with van der Waals surface area (Å²) in [4.78, 5) is 27.3. The molecule has 0 aromatic heterocycles. The molecule has 0 bridgehead atoms. The molecule has 1 N–H and O–H groups in total. The van der Waals surface area contributed by atoms with Crippen LogP contribution in [0.4, 0.5) is 18.9 Å². The fraction of sp³-hybridized carbons (Fsp3) is 0.391. The lowest BCUT2D eigenvalue weighted by Crippen LogP contribution is -2.52. The van der Waals surface area contributed by atoms with E-state index in [0.717, 1.165) is 18.4 Å². The highest BCUT2D eigenvalue weighted by Gasteiger charge is 2.34. The minimum absolute atomic E-state index is 0.0233. The van der Waals surface area contributed by atoms with Gasteiger partial charge >= 0.3 is 6.18 Å². The monoisotopic (exact) mass is 499 g/mol. The number of benzene rings is 2. The topological polar surface area (TPSA) is 86.8 Å². The van der Waals surface area contributed by atoms with Crippen molar-refractivity contribution in [2.24, 2.45) is 0 Å². The number of likely N-dealkylation sites (N-methyl/N-ethyl adjacent to an activating group) is 1. The first-order chi connectivity index (χ1) is 15.9. The largest absolute Gasteiger partial charge is 0.416 e. The molecule has 0 fully saturated rings. The third kappa shape index (κ3) is 7.21. The minimum atomic E-state index is -4.69. The Kier molecular flexibility index (Phi) is 9.08. The van der Waals surface area contributed by atoms with Crippen molar-refractivity contribution in [2.45, 2.75) is 39.0 Å². The van der Waals surface area contributed by atoms with Gasteiger partial charge in [0.1, 0.15) is 12.6 Å². The number of nitrogens with zero attached hydrogens (tertiary/aromatic N) is 2. The van der Waals surface area contributed by atoms with E-state index in [4.69, 9.17) is 0 Å². The van der Waals surface area contributed by atoms with Gasteiger partial charge in [-0.15, -0.1) is 0 Å². The summed E-state index contributed by atoms with van der Waals surface area (Å²) >= 11 is 0. The van der Waals surface area contributed by atoms with E-state index in [9.17, 15) is 31.2 Å². The number of rotatable bonds is 10. The predicted molar refractivity (Wildman–Crippen MR) is 123 cm³/mol. The van der Waals surface area contributed by atoms with Crippen LogP contribution in [0.1, 0.15) is 31.4 Å². The van der Waals surface area contributed by atoms with E-state index in [1.54, 1.807) is 44.2 Å². The molecular weight excluding hydrogens is 471 g/mol. The molecule has 0 spiro atoms. The third-order valence-electron chi connectivity index (χ3n) is 5.07. The smallest absolute Gasteiger partial charge is 0.355 e. The molecule has 1 unspecified atom stereocenters. The van der Waals surface area contributed by atoms with Crippen molar-refractivity contribution in [3.63, 3.8) is 0 Å². The van der Waals surface area contributed by atoms with E-state index in [-0.39, 0.29) is 18.7 Å². The van der Waals surface area contributed by atoms with E-state index >= 15 is 0 Å².